The van der Waals surface area contributed by atoms with Gasteiger partial charge < -0.3 is 15.5 Å². The maximum atomic E-state index is 12.2. The number of nitrogens with two attached hydrogens (primary N) is 1. The monoisotopic (exact) mass is 251 g/mol. The second-order valence-corrected chi connectivity index (χ2v) is 5.86. The van der Waals surface area contributed by atoms with Crippen molar-refractivity contribution in [3.63, 3.8) is 0 Å². The molecule has 102 valence electrons. The molecule has 0 bridgehead atoms. The summed E-state index contributed by atoms with van der Waals surface area (Å²) >= 11 is 0. The van der Waals surface area contributed by atoms with E-state index in [1.54, 1.807) is 0 Å². The van der Waals surface area contributed by atoms with Gasteiger partial charge in [0, 0.05) is 19.6 Å². The smallest absolute Gasteiger partial charge is 0.229 e. The van der Waals surface area contributed by atoms with Crippen molar-refractivity contribution in [2.75, 3.05) is 33.7 Å². The maximum Gasteiger partial charge on any atom is 0.229 e. The van der Waals surface area contributed by atoms with Crippen LogP contribution in [0.1, 0.15) is 19.3 Å². The van der Waals surface area contributed by atoms with Gasteiger partial charge in [0.15, 0.2) is 0 Å². The van der Waals surface area contributed by atoms with Crippen LogP contribution in [0.3, 0.4) is 0 Å². The average Bonchev–Trinajstić information content (AvgIpc) is 2.78. The van der Waals surface area contributed by atoms with Gasteiger partial charge in [-0.1, -0.05) is 12.2 Å². The fourth-order valence-electron chi connectivity index (χ4n) is 2.92. The van der Waals surface area contributed by atoms with E-state index in [2.05, 4.69) is 11.9 Å². The van der Waals surface area contributed by atoms with Crippen LogP contribution in [0.15, 0.2) is 12.2 Å². The van der Waals surface area contributed by atoms with Crippen LogP contribution in [0, 0.1) is 11.8 Å². The molecule has 0 aromatic rings. The van der Waals surface area contributed by atoms with Crippen LogP contribution >= 0.6 is 0 Å². The number of piperidine rings is 1. The highest BCUT2D eigenvalue weighted by Crippen LogP contribution is 2.21. The summed E-state index contributed by atoms with van der Waals surface area (Å²) < 4.78 is 0. The molecule has 2 aliphatic rings. The maximum absolute atomic E-state index is 12.2. The highest BCUT2D eigenvalue weighted by atomic mass is 16.2. The van der Waals surface area contributed by atoms with Gasteiger partial charge >= 0.3 is 0 Å². The molecule has 1 fully saturated rings. The Kier molecular flexibility index (Phi) is 4.40. The molecule has 2 atom stereocenters. The lowest BCUT2D eigenvalue weighted by molar-refractivity contribution is -0.133. The van der Waals surface area contributed by atoms with E-state index in [0.717, 1.165) is 26.1 Å². The molecule has 1 saturated heterocycles. The van der Waals surface area contributed by atoms with Gasteiger partial charge in [-0.05, 0) is 45.3 Å². The fraction of sp³-hybridized carbons (Fsp3) is 0.786. The number of carbonyl (C=O) groups is 1. The van der Waals surface area contributed by atoms with Gasteiger partial charge in [0.1, 0.15) is 0 Å². The van der Waals surface area contributed by atoms with Crippen LogP contribution in [-0.2, 0) is 4.79 Å². The van der Waals surface area contributed by atoms with Gasteiger partial charge in [0.25, 0.3) is 0 Å². The Balaban J connectivity index is 1.79. The van der Waals surface area contributed by atoms with E-state index in [0.29, 0.717) is 5.92 Å². The molecule has 2 rings (SSSR count). The van der Waals surface area contributed by atoms with Crippen molar-refractivity contribution in [3.05, 3.63) is 12.2 Å². The van der Waals surface area contributed by atoms with Crippen LogP contribution in [0.5, 0.6) is 0 Å². The van der Waals surface area contributed by atoms with Crippen molar-refractivity contribution >= 4 is 5.91 Å². The SMILES string of the molecule is CN1CCC(CN(C)C(=O)C2C=CC(N)C2)CC1. The molecular formula is C14H25N3O. The Morgan fingerprint density at radius 1 is 1.39 bits per heavy atom. The van der Waals surface area contributed by atoms with Crippen molar-refractivity contribution in [2.45, 2.75) is 25.3 Å². The average molecular weight is 251 g/mol. The quantitative estimate of drug-likeness (QED) is 0.751. The van der Waals surface area contributed by atoms with Gasteiger partial charge in [0.2, 0.25) is 5.91 Å². The van der Waals surface area contributed by atoms with E-state index < -0.39 is 0 Å². The van der Waals surface area contributed by atoms with Crippen molar-refractivity contribution in [3.8, 4) is 0 Å². The Hall–Kier alpha value is -0.870. The first kappa shape index (κ1) is 13.6. The zero-order valence-corrected chi connectivity index (χ0v) is 11.5. The number of hydrogen-bond donors (Lipinski definition) is 1. The van der Waals surface area contributed by atoms with Crippen LogP contribution in [0.2, 0.25) is 0 Å². The first-order valence-electron chi connectivity index (χ1n) is 6.93. The lowest BCUT2D eigenvalue weighted by Gasteiger charge is -2.32. The Morgan fingerprint density at radius 3 is 2.61 bits per heavy atom. The van der Waals surface area contributed by atoms with Gasteiger partial charge in [-0.3, -0.25) is 4.79 Å². The second-order valence-electron chi connectivity index (χ2n) is 5.86. The third kappa shape index (κ3) is 3.33. The standard InChI is InChI=1S/C14H25N3O/c1-16-7-5-11(6-8-16)10-17(2)14(18)12-3-4-13(15)9-12/h3-4,11-13H,5-10,15H2,1-2H3. The predicted octanol–water partition coefficient (Wildman–Crippen LogP) is 0.690. The minimum absolute atomic E-state index is 0.0104. The van der Waals surface area contributed by atoms with Crippen molar-refractivity contribution in [1.29, 1.82) is 0 Å². The summed E-state index contributed by atoms with van der Waals surface area (Å²) in [6.45, 7) is 3.20. The number of carbonyl (C=O) groups excluding carboxylic acids is 1. The van der Waals surface area contributed by atoms with Crippen LogP contribution in [0.25, 0.3) is 0 Å². The Labute approximate surface area is 110 Å². The number of rotatable bonds is 3. The minimum Gasteiger partial charge on any atom is -0.345 e. The first-order chi connectivity index (χ1) is 8.56. The summed E-state index contributed by atoms with van der Waals surface area (Å²) in [4.78, 5) is 16.5. The Bertz CT molecular complexity index is 321. The molecule has 4 heteroatoms. The predicted molar refractivity (Wildman–Crippen MR) is 73.1 cm³/mol. The van der Waals surface area contributed by atoms with Crippen molar-refractivity contribution in [2.24, 2.45) is 17.6 Å². The number of nitrogens with zero attached hydrogens (tertiary/aromatic N) is 2. The van der Waals surface area contributed by atoms with E-state index in [4.69, 9.17) is 5.73 Å². The first-order valence-corrected chi connectivity index (χ1v) is 6.93. The molecule has 1 aliphatic carbocycles. The summed E-state index contributed by atoms with van der Waals surface area (Å²) in [7, 11) is 4.09. The molecule has 0 aromatic carbocycles. The fourth-order valence-corrected chi connectivity index (χ4v) is 2.92. The molecule has 18 heavy (non-hydrogen) atoms. The molecule has 1 heterocycles. The third-order valence-corrected chi connectivity index (χ3v) is 4.18. The topological polar surface area (TPSA) is 49.6 Å². The summed E-state index contributed by atoms with van der Waals surface area (Å²) in [6, 6.07) is 0.0654. The molecule has 0 spiro atoms. The molecule has 2 unspecified atom stereocenters. The third-order valence-electron chi connectivity index (χ3n) is 4.18. The van der Waals surface area contributed by atoms with Crippen molar-refractivity contribution in [1.82, 2.24) is 9.80 Å². The summed E-state index contributed by atoms with van der Waals surface area (Å²) in [5.74, 6) is 0.906. The molecule has 1 aliphatic heterocycles. The molecule has 1 amide bonds. The molecule has 0 aromatic heterocycles. The van der Waals surface area contributed by atoms with Crippen molar-refractivity contribution < 1.29 is 4.79 Å². The molecule has 2 N–H and O–H groups in total. The van der Waals surface area contributed by atoms with Gasteiger partial charge in [-0.15, -0.1) is 0 Å². The molecular weight excluding hydrogens is 226 g/mol. The van der Waals surface area contributed by atoms with E-state index in [1.165, 1.54) is 12.8 Å². The number of likely N-dealkylation sites (tertiary alicyclic amines) is 1. The van der Waals surface area contributed by atoms with Gasteiger partial charge in [-0.2, -0.15) is 0 Å². The van der Waals surface area contributed by atoms with Gasteiger partial charge in [-0.25, -0.2) is 0 Å². The van der Waals surface area contributed by atoms with E-state index in [9.17, 15) is 4.79 Å². The molecule has 0 saturated carbocycles. The highest BCUT2D eigenvalue weighted by molar-refractivity contribution is 5.81. The highest BCUT2D eigenvalue weighted by Gasteiger charge is 2.27. The zero-order chi connectivity index (χ0) is 13.1. The van der Waals surface area contributed by atoms with E-state index in [1.807, 2.05) is 24.1 Å². The Morgan fingerprint density at radius 2 is 2.06 bits per heavy atom. The van der Waals surface area contributed by atoms with E-state index >= 15 is 0 Å². The number of amides is 1. The van der Waals surface area contributed by atoms with Gasteiger partial charge in [0.05, 0.1) is 5.92 Å². The van der Waals surface area contributed by atoms with Crippen LogP contribution in [0.4, 0.5) is 0 Å². The zero-order valence-electron chi connectivity index (χ0n) is 11.5. The lowest BCUT2D eigenvalue weighted by atomic mass is 9.96. The normalized spacial score (nSPS) is 29.7. The summed E-state index contributed by atoms with van der Waals surface area (Å²) in [5.41, 5.74) is 5.80. The summed E-state index contributed by atoms with van der Waals surface area (Å²) in [5, 5.41) is 0. The second kappa shape index (κ2) is 5.85. The minimum atomic E-state index is 0.0104. The number of hydrogen-bond acceptors (Lipinski definition) is 3. The van der Waals surface area contributed by atoms with Crippen LogP contribution < -0.4 is 5.73 Å². The molecule has 0 radical (unpaired) electrons. The molecule has 4 nitrogen and oxygen atoms in total. The summed E-state index contributed by atoms with van der Waals surface area (Å²) in [6.07, 6.45) is 7.10. The van der Waals surface area contributed by atoms with E-state index in [-0.39, 0.29) is 17.9 Å². The lowest BCUT2D eigenvalue weighted by Crippen LogP contribution is -2.40. The largest absolute Gasteiger partial charge is 0.345 e. The van der Waals surface area contributed by atoms with Crippen LogP contribution in [-0.4, -0.2) is 55.5 Å².